The van der Waals surface area contributed by atoms with Crippen molar-refractivity contribution in [1.29, 1.82) is 0 Å². The molecular formula is C19H22N8O2S. The third-order valence-electron chi connectivity index (χ3n) is 3.87. The predicted molar refractivity (Wildman–Crippen MR) is 117 cm³/mol. The van der Waals surface area contributed by atoms with Gasteiger partial charge in [-0.1, -0.05) is 6.07 Å². The zero-order valence-corrected chi connectivity index (χ0v) is 17.3. The first-order chi connectivity index (χ1) is 14.3. The summed E-state index contributed by atoms with van der Waals surface area (Å²) in [7, 11) is 0. The summed E-state index contributed by atoms with van der Waals surface area (Å²) in [4.78, 5) is 37.8. The van der Waals surface area contributed by atoms with Gasteiger partial charge in [0.05, 0.1) is 0 Å². The fourth-order valence-corrected chi connectivity index (χ4v) is 3.11. The van der Waals surface area contributed by atoms with Crippen LogP contribution >= 0.6 is 11.3 Å². The number of aromatic nitrogens is 3. The van der Waals surface area contributed by atoms with Crippen LogP contribution in [0.2, 0.25) is 0 Å². The summed E-state index contributed by atoms with van der Waals surface area (Å²) in [6.07, 6.45) is 3.03. The van der Waals surface area contributed by atoms with Crippen LogP contribution in [-0.2, 0) is 0 Å². The number of rotatable bonds is 8. The SMILES string of the molecule is Cc1cnc(NC(=O)c2cccc(Nc3nc(NCC(C)N)ncc3C(N)=O)c2)s1. The van der Waals surface area contributed by atoms with Crippen LogP contribution in [0.4, 0.5) is 22.6 Å². The zero-order chi connectivity index (χ0) is 21.7. The van der Waals surface area contributed by atoms with Crippen LogP contribution < -0.4 is 27.4 Å². The Balaban J connectivity index is 1.81. The van der Waals surface area contributed by atoms with Gasteiger partial charge in [-0.15, -0.1) is 11.3 Å². The molecule has 7 N–H and O–H groups in total. The second-order valence-corrected chi connectivity index (χ2v) is 7.85. The lowest BCUT2D eigenvalue weighted by molar-refractivity contribution is 0.0997. The standard InChI is InChI=1S/C19H22N8O2S/c1-10(20)7-22-18-23-9-14(15(21)28)16(26-18)25-13-5-3-4-12(6-13)17(29)27-19-24-8-11(2)30-19/h3-6,8-10H,7,20H2,1-2H3,(H2,21,28)(H,24,27,29)(H2,22,23,25,26). The van der Waals surface area contributed by atoms with Gasteiger partial charge in [0.2, 0.25) is 5.95 Å². The van der Waals surface area contributed by atoms with E-state index in [1.165, 1.54) is 17.5 Å². The molecule has 0 aliphatic carbocycles. The van der Waals surface area contributed by atoms with Gasteiger partial charge in [-0.05, 0) is 32.0 Å². The lowest BCUT2D eigenvalue weighted by atomic mass is 10.2. The molecule has 0 bridgehead atoms. The molecule has 0 fully saturated rings. The predicted octanol–water partition coefficient (Wildman–Crippen LogP) is 2.10. The number of benzene rings is 1. The molecule has 3 rings (SSSR count). The van der Waals surface area contributed by atoms with Crippen molar-refractivity contribution in [2.45, 2.75) is 19.9 Å². The van der Waals surface area contributed by atoms with Crippen LogP contribution in [0.1, 0.15) is 32.5 Å². The number of anilines is 4. The van der Waals surface area contributed by atoms with Crippen LogP contribution in [0.15, 0.2) is 36.7 Å². The number of primary amides is 1. The molecule has 11 heteroatoms. The first kappa shape index (κ1) is 21.1. The van der Waals surface area contributed by atoms with Gasteiger partial charge in [-0.25, -0.2) is 9.97 Å². The minimum absolute atomic E-state index is 0.0994. The van der Waals surface area contributed by atoms with Crippen LogP contribution in [-0.4, -0.2) is 39.4 Å². The van der Waals surface area contributed by atoms with Crippen molar-refractivity contribution in [3.63, 3.8) is 0 Å². The van der Waals surface area contributed by atoms with Gasteiger partial charge in [-0.3, -0.25) is 14.9 Å². The first-order valence-electron chi connectivity index (χ1n) is 9.09. The van der Waals surface area contributed by atoms with Gasteiger partial charge < -0.3 is 22.1 Å². The molecule has 1 unspecified atom stereocenters. The summed E-state index contributed by atoms with van der Waals surface area (Å²) >= 11 is 1.39. The molecule has 0 radical (unpaired) electrons. The number of nitrogens with zero attached hydrogens (tertiary/aromatic N) is 3. The van der Waals surface area contributed by atoms with Crippen molar-refractivity contribution in [2.24, 2.45) is 11.5 Å². The maximum Gasteiger partial charge on any atom is 0.257 e. The van der Waals surface area contributed by atoms with Crippen molar-refractivity contribution in [3.8, 4) is 0 Å². The molecule has 2 heterocycles. The van der Waals surface area contributed by atoms with Crippen molar-refractivity contribution < 1.29 is 9.59 Å². The Morgan fingerprint density at radius 3 is 2.70 bits per heavy atom. The molecule has 1 atom stereocenters. The van der Waals surface area contributed by atoms with Crippen LogP contribution in [0.25, 0.3) is 0 Å². The number of nitrogens with one attached hydrogen (secondary N) is 3. The van der Waals surface area contributed by atoms with Crippen molar-refractivity contribution >= 4 is 45.7 Å². The van der Waals surface area contributed by atoms with Crippen molar-refractivity contribution in [3.05, 3.63) is 52.7 Å². The molecule has 0 aliphatic heterocycles. The van der Waals surface area contributed by atoms with Gasteiger partial charge in [0.15, 0.2) is 5.13 Å². The number of carbonyl (C=O) groups excluding carboxylic acids is 2. The summed E-state index contributed by atoms with van der Waals surface area (Å²) in [6.45, 7) is 4.21. The van der Waals surface area contributed by atoms with E-state index >= 15 is 0 Å². The lowest BCUT2D eigenvalue weighted by Gasteiger charge is -2.13. The zero-order valence-electron chi connectivity index (χ0n) is 16.5. The molecule has 1 aromatic carbocycles. The number of carbonyl (C=O) groups is 2. The molecular weight excluding hydrogens is 404 g/mol. The van der Waals surface area contributed by atoms with E-state index in [-0.39, 0.29) is 23.3 Å². The van der Waals surface area contributed by atoms with E-state index in [1.54, 1.807) is 30.5 Å². The maximum atomic E-state index is 12.5. The number of hydrogen-bond acceptors (Lipinski definition) is 9. The van der Waals surface area contributed by atoms with Crippen LogP contribution in [0.3, 0.4) is 0 Å². The van der Waals surface area contributed by atoms with E-state index in [1.807, 2.05) is 13.8 Å². The topological polar surface area (TPSA) is 161 Å². The Labute approximate surface area is 177 Å². The Morgan fingerprint density at radius 2 is 2.03 bits per heavy atom. The lowest BCUT2D eigenvalue weighted by Crippen LogP contribution is -2.26. The molecule has 0 spiro atoms. The van der Waals surface area contributed by atoms with E-state index < -0.39 is 5.91 Å². The molecule has 3 aromatic rings. The van der Waals surface area contributed by atoms with Gasteiger partial charge in [-0.2, -0.15) is 4.98 Å². The van der Waals surface area contributed by atoms with E-state index in [9.17, 15) is 9.59 Å². The van der Waals surface area contributed by atoms with Crippen molar-refractivity contribution in [2.75, 3.05) is 22.5 Å². The second kappa shape index (κ2) is 9.29. The fraction of sp³-hybridized carbons (Fsp3) is 0.211. The number of amides is 2. The monoisotopic (exact) mass is 426 g/mol. The molecule has 2 amide bonds. The molecule has 0 saturated carbocycles. The van der Waals surface area contributed by atoms with Crippen molar-refractivity contribution in [1.82, 2.24) is 15.0 Å². The Morgan fingerprint density at radius 1 is 1.23 bits per heavy atom. The minimum Gasteiger partial charge on any atom is -0.365 e. The van der Waals surface area contributed by atoms with E-state index in [2.05, 4.69) is 30.9 Å². The fourth-order valence-electron chi connectivity index (χ4n) is 2.45. The van der Waals surface area contributed by atoms with Gasteiger partial charge in [0.1, 0.15) is 11.4 Å². The van der Waals surface area contributed by atoms with Crippen LogP contribution in [0.5, 0.6) is 0 Å². The highest BCUT2D eigenvalue weighted by Crippen LogP contribution is 2.22. The highest BCUT2D eigenvalue weighted by Gasteiger charge is 2.14. The van der Waals surface area contributed by atoms with Gasteiger partial charge in [0.25, 0.3) is 11.8 Å². The Kier molecular flexibility index (Phi) is 6.54. The molecule has 10 nitrogen and oxygen atoms in total. The van der Waals surface area contributed by atoms with Crippen LogP contribution in [0, 0.1) is 6.92 Å². The molecule has 2 aromatic heterocycles. The average Bonchev–Trinajstić information content (AvgIpc) is 3.11. The summed E-state index contributed by atoms with van der Waals surface area (Å²) in [6, 6.07) is 6.66. The third-order valence-corrected chi connectivity index (χ3v) is 4.69. The first-order valence-corrected chi connectivity index (χ1v) is 9.90. The third kappa shape index (κ3) is 5.49. The van der Waals surface area contributed by atoms with E-state index in [0.29, 0.717) is 28.9 Å². The molecule has 30 heavy (non-hydrogen) atoms. The average molecular weight is 427 g/mol. The summed E-state index contributed by atoms with van der Waals surface area (Å²) in [5.41, 5.74) is 12.3. The maximum absolute atomic E-state index is 12.5. The quantitative estimate of drug-likeness (QED) is 0.366. The molecule has 0 saturated heterocycles. The Hall–Kier alpha value is -3.57. The van der Waals surface area contributed by atoms with E-state index in [0.717, 1.165) is 4.88 Å². The normalized spacial score (nSPS) is 11.6. The number of thiazole rings is 1. The second-order valence-electron chi connectivity index (χ2n) is 6.61. The minimum atomic E-state index is -0.677. The van der Waals surface area contributed by atoms with E-state index in [4.69, 9.17) is 11.5 Å². The largest absolute Gasteiger partial charge is 0.365 e. The highest BCUT2D eigenvalue weighted by molar-refractivity contribution is 7.15. The number of hydrogen-bond donors (Lipinski definition) is 5. The summed E-state index contributed by atoms with van der Waals surface area (Å²) in [5.74, 6) is -0.458. The molecule has 0 aliphatic rings. The van der Waals surface area contributed by atoms with Gasteiger partial charge in [0, 0.05) is 41.1 Å². The number of nitrogens with two attached hydrogens (primary N) is 2. The smallest absolute Gasteiger partial charge is 0.257 e. The summed E-state index contributed by atoms with van der Waals surface area (Å²) in [5, 5.41) is 9.29. The summed E-state index contributed by atoms with van der Waals surface area (Å²) < 4.78 is 0. The molecule has 156 valence electrons. The van der Waals surface area contributed by atoms with Gasteiger partial charge >= 0.3 is 0 Å². The number of aryl methyl sites for hydroxylation is 1. The highest BCUT2D eigenvalue weighted by atomic mass is 32.1. The Bertz CT molecular complexity index is 1070.